The van der Waals surface area contributed by atoms with Crippen molar-refractivity contribution in [1.29, 1.82) is 0 Å². The third kappa shape index (κ3) is 3.82. The molecular formula is C21H21N3O5. The molecule has 1 aliphatic rings. The molecule has 1 aliphatic heterocycles. The van der Waals surface area contributed by atoms with E-state index in [0.29, 0.717) is 18.0 Å². The molecule has 0 aliphatic carbocycles. The molecule has 2 aromatic rings. The number of carbonyl (C=O) groups is 4. The predicted molar refractivity (Wildman–Crippen MR) is 106 cm³/mol. The predicted octanol–water partition coefficient (Wildman–Crippen LogP) is 2.02. The third-order valence-corrected chi connectivity index (χ3v) is 4.72. The van der Waals surface area contributed by atoms with E-state index in [1.807, 2.05) is 0 Å². The van der Waals surface area contributed by atoms with Crippen molar-refractivity contribution in [3.05, 3.63) is 59.2 Å². The summed E-state index contributed by atoms with van der Waals surface area (Å²) in [6.07, 6.45) is 0. The zero-order chi connectivity index (χ0) is 21.1. The Bertz CT molecular complexity index is 1000. The molecule has 29 heavy (non-hydrogen) atoms. The highest BCUT2D eigenvalue weighted by Crippen LogP contribution is 2.24. The molecule has 8 nitrogen and oxygen atoms in total. The van der Waals surface area contributed by atoms with Gasteiger partial charge in [-0.2, -0.15) is 0 Å². The van der Waals surface area contributed by atoms with Gasteiger partial charge in [0.2, 0.25) is 5.91 Å². The van der Waals surface area contributed by atoms with Crippen LogP contribution in [0.3, 0.4) is 0 Å². The summed E-state index contributed by atoms with van der Waals surface area (Å²) in [5.74, 6) is -1.11. The number of carbonyl (C=O) groups excluding carboxylic acids is 4. The molecule has 3 rings (SSSR count). The monoisotopic (exact) mass is 395 g/mol. The van der Waals surface area contributed by atoms with E-state index in [0.717, 1.165) is 4.90 Å². The molecule has 0 saturated carbocycles. The molecule has 0 atom stereocenters. The van der Waals surface area contributed by atoms with Crippen LogP contribution in [0.15, 0.2) is 42.5 Å². The topological polar surface area (TPSA) is 96.0 Å². The molecule has 0 radical (unpaired) electrons. The van der Waals surface area contributed by atoms with Gasteiger partial charge in [-0.3, -0.25) is 24.1 Å². The van der Waals surface area contributed by atoms with Crippen molar-refractivity contribution in [2.45, 2.75) is 6.92 Å². The van der Waals surface area contributed by atoms with Gasteiger partial charge < -0.3 is 15.0 Å². The van der Waals surface area contributed by atoms with Crippen LogP contribution in [0.1, 0.15) is 38.0 Å². The van der Waals surface area contributed by atoms with Gasteiger partial charge in [0, 0.05) is 19.2 Å². The summed E-state index contributed by atoms with van der Waals surface area (Å²) < 4.78 is 5.21. The van der Waals surface area contributed by atoms with Crippen LogP contribution in [0, 0.1) is 0 Å². The fourth-order valence-electron chi connectivity index (χ4n) is 3.12. The first-order valence-electron chi connectivity index (χ1n) is 9.06. The van der Waals surface area contributed by atoms with Crippen LogP contribution in [0.5, 0.6) is 5.75 Å². The highest BCUT2D eigenvalue weighted by molar-refractivity contribution is 6.21. The number of likely N-dealkylation sites (N-methyl/N-ethyl adjacent to an activating group) is 1. The molecule has 0 bridgehead atoms. The summed E-state index contributed by atoms with van der Waals surface area (Å²) in [6, 6.07) is 11.3. The van der Waals surface area contributed by atoms with E-state index in [2.05, 4.69) is 5.32 Å². The van der Waals surface area contributed by atoms with Gasteiger partial charge in [-0.1, -0.05) is 12.1 Å². The van der Waals surface area contributed by atoms with Crippen LogP contribution in [-0.4, -0.2) is 60.7 Å². The van der Waals surface area contributed by atoms with Crippen molar-refractivity contribution in [2.75, 3.05) is 32.6 Å². The Morgan fingerprint density at radius 2 is 1.76 bits per heavy atom. The van der Waals surface area contributed by atoms with Crippen LogP contribution in [0.25, 0.3) is 0 Å². The second kappa shape index (κ2) is 8.14. The van der Waals surface area contributed by atoms with Crippen molar-refractivity contribution in [3.8, 4) is 5.75 Å². The molecule has 150 valence electrons. The number of hydrogen-bond acceptors (Lipinski definition) is 5. The van der Waals surface area contributed by atoms with Gasteiger partial charge in [0.25, 0.3) is 17.7 Å². The Balaban J connectivity index is 1.75. The summed E-state index contributed by atoms with van der Waals surface area (Å²) in [6.45, 7) is 1.88. The van der Waals surface area contributed by atoms with Crippen LogP contribution in [0.2, 0.25) is 0 Å². The Labute approximate surface area is 168 Å². The smallest absolute Gasteiger partial charge is 0.261 e. The summed E-state index contributed by atoms with van der Waals surface area (Å²) in [5.41, 5.74) is 1.21. The maximum atomic E-state index is 12.9. The summed E-state index contributed by atoms with van der Waals surface area (Å²) in [5, 5.41) is 2.73. The third-order valence-electron chi connectivity index (χ3n) is 4.72. The SMILES string of the molecule is CCN(CC(=O)Nc1ccccc1OC)C(=O)c1ccc2c(c1)C(=O)N(C)C2=O. The Kier molecular flexibility index (Phi) is 5.63. The van der Waals surface area contributed by atoms with E-state index >= 15 is 0 Å². The minimum atomic E-state index is -0.448. The quantitative estimate of drug-likeness (QED) is 0.755. The number of anilines is 1. The van der Waals surface area contributed by atoms with E-state index in [1.165, 1.54) is 37.3 Å². The average molecular weight is 395 g/mol. The van der Waals surface area contributed by atoms with Crippen molar-refractivity contribution < 1.29 is 23.9 Å². The zero-order valence-corrected chi connectivity index (χ0v) is 16.4. The van der Waals surface area contributed by atoms with Crippen molar-refractivity contribution >= 4 is 29.3 Å². The second-order valence-corrected chi connectivity index (χ2v) is 6.50. The average Bonchev–Trinajstić information content (AvgIpc) is 2.95. The van der Waals surface area contributed by atoms with Gasteiger partial charge in [-0.15, -0.1) is 0 Å². The van der Waals surface area contributed by atoms with E-state index < -0.39 is 17.7 Å². The van der Waals surface area contributed by atoms with Crippen molar-refractivity contribution in [2.24, 2.45) is 0 Å². The number of para-hydroxylation sites is 2. The van der Waals surface area contributed by atoms with Crippen molar-refractivity contribution in [1.82, 2.24) is 9.80 Å². The number of ether oxygens (including phenoxy) is 1. The molecule has 0 unspecified atom stereocenters. The molecule has 1 N–H and O–H groups in total. The lowest BCUT2D eigenvalue weighted by molar-refractivity contribution is -0.116. The lowest BCUT2D eigenvalue weighted by Gasteiger charge is -2.21. The van der Waals surface area contributed by atoms with Crippen LogP contribution in [0.4, 0.5) is 5.69 Å². The molecule has 4 amide bonds. The fraction of sp³-hybridized carbons (Fsp3) is 0.238. The van der Waals surface area contributed by atoms with E-state index in [1.54, 1.807) is 31.2 Å². The summed E-state index contributed by atoms with van der Waals surface area (Å²) in [7, 11) is 2.90. The number of methoxy groups -OCH3 is 1. The highest BCUT2D eigenvalue weighted by Gasteiger charge is 2.33. The lowest BCUT2D eigenvalue weighted by Crippen LogP contribution is -2.38. The number of imide groups is 1. The Hall–Kier alpha value is -3.68. The van der Waals surface area contributed by atoms with E-state index in [-0.39, 0.29) is 29.1 Å². The van der Waals surface area contributed by atoms with E-state index in [9.17, 15) is 19.2 Å². The van der Waals surface area contributed by atoms with Gasteiger partial charge in [-0.05, 0) is 37.3 Å². The summed E-state index contributed by atoms with van der Waals surface area (Å²) in [4.78, 5) is 51.8. The second-order valence-electron chi connectivity index (χ2n) is 6.50. The van der Waals surface area contributed by atoms with Gasteiger partial charge in [0.15, 0.2) is 0 Å². The lowest BCUT2D eigenvalue weighted by atomic mass is 10.0. The zero-order valence-electron chi connectivity index (χ0n) is 16.4. The standard InChI is InChI=1S/C21H21N3O5/c1-4-24(12-18(25)22-16-7-5-6-8-17(16)29-3)19(26)13-9-10-14-15(11-13)21(28)23(2)20(14)27/h5-11H,4,12H2,1-3H3,(H,22,25). The fourth-order valence-corrected chi connectivity index (χ4v) is 3.12. The molecule has 0 aromatic heterocycles. The maximum absolute atomic E-state index is 12.9. The molecule has 2 aromatic carbocycles. The van der Waals surface area contributed by atoms with Crippen LogP contribution in [-0.2, 0) is 4.79 Å². The molecule has 1 heterocycles. The van der Waals surface area contributed by atoms with Crippen LogP contribution < -0.4 is 10.1 Å². The molecular weight excluding hydrogens is 374 g/mol. The number of benzene rings is 2. The molecule has 0 spiro atoms. The number of hydrogen-bond donors (Lipinski definition) is 1. The van der Waals surface area contributed by atoms with Gasteiger partial charge in [0.1, 0.15) is 12.3 Å². The molecule has 0 saturated heterocycles. The Morgan fingerprint density at radius 3 is 2.45 bits per heavy atom. The first-order valence-corrected chi connectivity index (χ1v) is 9.06. The number of fused-ring (bicyclic) bond motifs is 1. The minimum absolute atomic E-state index is 0.169. The van der Waals surface area contributed by atoms with Gasteiger partial charge in [-0.25, -0.2) is 0 Å². The molecule has 0 fully saturated rings. The normalized spacial score (nSPS) is 12.6. The van der Waals surface area contributed by atoms with Gasteiger partial charge in [0.05, 0.1) is 23.9 Å². The number of nitrogens with zero attached hydrogens (tertiary/aromatic N) is 2. The number of nitrogens with one attached hydrogen (secondary N) is 1. The minimum Gasteiger partial charge on any atom is -0.495 e. The van der Waals surface area contributed by atoms with Crippen molar-refractivity contribution in [3.63, 3.8) is 0 Å². The molecule has 8 heteroatoms. The first kappa shape index (κ1) is 20.1. The van der Waals surface area contributed by atoms with Gasteiger partial charge >= 0.3 is 0 Å². The van der Waals surface area contributed by atoms with E-state index in [4.69, 9.17) is 4.74 Å². The maximum Gasteiger partial charge on any atom is 0.261 e. The first-order chi connectivity index (χ1) is 13.9. The van der Waals surface area contributed by atoms with Crippen LogP contribution >= 0.6 is 0 Å². The number of amides is 4. The largest absolute Gasteiger partial charge is 0.495 e. The number of rotatable bonds is 6. The summed E-state index contributed by atoms with van der Waals surface area (Å²) >= 11 is 0. The Morgan fingerprint density at radius 1 is 1.07 bits per heavy atom. The highest BCUT2D eigenvalue weighted by atomic mass is 16.5.